The van der Waals surface area contributed by atoms with Gasteiger partial charge in [0.25, 0.3) is 5.56 Å². The van der Waals surface area contributed by atoms with E-state index in [4.69, 9.17) is 0 Å². The molecule has 0 atom stereocenters. The van der Waals surface area contributed by atoms with E-state index in [0.717, 1.165) is 10.4 Å². The van der Waals surface area contributed by atoms with Crippen LogP contribution in [-0.4, -0.2) is 21.1 Å². The predicted octanol–water partition coefficient (Wildman–Crippen LogP) is 3.15. The number of hydrogen-bond donors (Lipinski definition) is 0. The first-order valence-corrected chi connectivity index (χ1v) is 8.31. The summed E-state index contributed by atoms with van der Waals surface area (Å²) in [6, 6.07) is 10.4. The molecule has 0 saturated carbocycles. The molecule has 24 heavy (non-hydrogen) atoms. The van der Waals surface area contributed by atoms with Gasteiger partial charge in [0.05, 0.1) is 5.39 Å². The molecule has 1 aromatic carbocycles. The maximum Gasteiger partial charge on any atom is 0.263 e. The summed E-state index contributed by atoms with van der Waals surface area (Å²) in [4.78, 5) is 42.5. The normalized spacial score (nSPS) is 11.2. The summed E-state index contributed by atoms with van der Waals surface area (Å²) in [5.74, 6) is -0.371. The SMILES string of the molecule is CC(=O)C(C(C)=O)n1c(C)nc2sc(-c3ccccc3)cc2c1=O. The van der Waals surface area contributed by atoms with Gasteiger partial charge >= 0.3 is 0 Å². The summed E-state index contributed by atoms with van der Waals surface area (Å²) in [5, 5.41) is 0.428. The molecule has 0 aliphatic rings. The second-order valence-corrected chi connectivity index (χ2v) is 6.68. The fraction of sp³-hybridized carbons (Fsp3) is 0.222. The van der Waals surface area contributed by atoms with Gasteiger partial charge in [0.1, 0.15) is 10.7 Å². The lowest BCUT2D eigenvalue weighted by Crippen LogP contribution is -2.35. The fourth-order valence-corrected chi connectivity index (χ4v) is 3.87. The molecule has 0 amide bonds. The number of aromatic nitrogens is 2. The molecule has 6 heteroatoms. The molecule has 3 rings (SSSR count). The first-order chi connectivity index (χ1) is 11.4. The standard InChI is InChI=1S/C18H16N2O3S/c1-10(21)16(11(2)22)20-12(3)19-17-14(18(20)23)9-15(24-17)13-7-5-4-6-8-13/h4-9,16H,1-3H3. The van der Waals surface area contributed by atoms with Crippen LogP contribution in [0.5, 0.6) is 0 Å². The molecule has 0 bridgehead atoms. The Balaban J connectivity index is 2.26. The zero-order chi connectivity index (χ0) is 17.4. The van der Waals surface area contributed by atoms with Crippen molar-refractivity contribution < 1.29 is 9.59 Å². The largest absolute Gasteiger partial charge is 0.297 e. The second kappa shape index (κ2) is 6.13. The van der Waals surface area contributed by atoms with Crippen LogP contribution in [0.2, 0.25) is 0 Å². The number of carbonyl (C=O) groups excluding carboxylic acids is 2. The van der Waals surface area contributed by atoms with Crippen molar-refractivity contribution >= 4 is 33.1 Å². The fourth-order valence-electron chi connectivity index (χ4n) is 2.79. The van der Waals surface area contributed by atoms with Gasteiger partial charge in [0.15, 0.2) is 17.6 Å². The molecule has 0 unspecified atom stereocenters. The van der Waals surface area contributed by atoms with Gasteiger partial charge in [-0.25, -0.2) is 4.98 Å². The molecule has 5 nitrogen and oxygen atoms in total. The number of aryl methyl sites for hydroxylation is 1. The number of thiophene rings is 1. The van der Waals surface area contributed by atoms with Crippen LogP contribution >= 0.6 is 11.3 Å². The molecule has 3 aromatic rings. The highest BCUT2D eigenvalue weighted by atomic mass is 32.1. The third-order valence-electron chi connectivity index (χ3n) is 3.86. The van der Waals surface area contributed by atoms with Crippen LogP contribution in [0.1, 0.15) is 25.7 Å². The van der Waals surface area contributed by atoms with Gasteiger partial charge in [0, 0.05) is 4.88 Å². The molecular weight excluding hydrogens is 324 g/mol. The Labute approximate surface area is 142 Å². The molecular formula is C18H16N2O3S. The van der Waals surface area contributed by atoms with E-state index in [-0.39, 0.29) is 17.1 Å². The Bertz CT molecular complexity index is 988. The van der Waals surface area contributed by atoms with Gasteiger partial charge in [-0.1, -0.05) is 30.3 Å². The van der Waals surface area contributed by atoms with Crippen molar-refractivity contribution in [3.63, 3.8) is 0 Å². The average molecular weight is 340 g/mol. The van der Waals surface area contributed by atoms with Crippen molar-refractivity contribution in [2.75, 3.05) is 0 Å². The van der Waals surface area contributed by atoms with Crippen molar-refractivity contribution in [1.82, 2.24) is 9.55 Å². The number of Topliss-reactive ketones (excluding diaryl/α,β-unsaturated/α-hetero) is 2. The minimum atomic E-state index is -1.12. The zero-order valence-electron chi connectivity index (χ0n) is 13.6. The van der Waals surface area contributed by atoms with E-state index < -0.39 is 6.04 Å². The van der Waals surface area contributed by atoms with Crippen LogP contribution in [0.3, 0.4) is 0 Å². The minimum absolute atomic E-state index is 0.355. The summed E-state index contributed by atoms with van der Waals surface area (Å²) in [6.07, 6.45) is 0. The third kappa shape index (κ3) is 2.69. The second-order valence-electron chi connectivity index (χ2n) is 5.65. The van der Waals surface area contributed by atoms with Crippen molar-refractivity contribution in [1.29, 1.82) is 0 Å². The Morgan fingerprint density at radius 1 is 1.12 bits per heavy atom. The lowest BCUT2D eigenvalue weighted by Gasteiger charge is -2.16. The van der Waals surface area contributed by atoms with Gasteiger partial charge in [-0.05, 0) is 32.4 Å². The lowest BCUT2D eigenvalue weighted by atomic mass is 10.1. The molecule has 0 spiro atoms. The highest BCUT2D eigenvalue weighted by Crippen LogP contribution is 2.31. The minimum Gasteiger partial charge on any atom is -0.297 e. The monoisotopic (exact) mass is 340 g/mol. The molecule has 0 saturated heterocycles. The first kappa shape index (κ1) is 16.3. The lowest BCUT2D eigenvalue weighted by molar-refractivity contribution is -0.129. The Morgan fingerprint density at radius 2 is 1.75 bits per heavy atom. The van der Waals surface area contributed by atoms with Crippen molar-refractivity contribution in [3.8, 4) is 10.4 Å². The van der Waals surface area contributed by atoms with Crippen LogP contribution in [0.15, 0.2) is 41.2 Å². The van der Waals surface area contributed by atoms with E-state index in [1.807, 2.05) is 30.3 Å². The predicted molar refractivity (Wildman–Crippen MR) is 94.5 cm³/mol. The molecule has 2 aromatic heterocycles. The van der Waals surface area contributed by atoms with Crippen molar-refractivity contribution in [2.45, 2.75) is 26.8 Å². The topological polar surface area (TPSA) is 69.0 Å². The molecule has 0 aliphatic carbocycles. The van der Waals surface area contributed by atoms with E-state index in [1.54, 1.807) is 13.0 Å². The van der Waals surface area contributed by atoms with E-state index in [2.05, 4.69) is 4.98 Å². The van der Waals surface area contributed by atoms with Gasteiger partial charge in [0.2, 0.25) is 0 Å². The Kier molecular flexibility index (Phi) is 4.15. The summed E-state index contributed by atoms with van der Waals surface area (Å²) >= 11 is 1.42. The number of fused-ring (bicyclic) bond motifs is 1. The number of ketones is 2. The van der Waals surface area contributed by atoms with Gasteiger partial charge in [-0.3, -0.25) is 19.0 Å². The van der Waals surface area contributed by atoms with Crippen LogP contribution in [-0.2, 0) is 9.59 Å². The number of hydrogen-bond acceptors (Lipinski definition) is 5. The summed E-state index contributed by atoms with van der Waals surface area (Å²) < 4.78 is 1.20. The Hall–Kier alpha value is -2.60. The summed E-state index contributed by atoms with van der Waals surface area (Å²) in [7, 11) is 0. The molecule has 2 heterocycles. The van der Waals surface area contributed by atoms with Crippen LogP contribution < -0.4 is 5.56 Å². The van der Waals surface area contributed by atoms with Gasteiger partial charge in [-0.2, -0.15) is 0 Å². The molecule has 0 N–H and O–H groups in total. The van der Waals surface area contributed by atoms with E-state index in [0.29, 0.717) is 16.0 Å². The van der Waals surface area contributed by atoms with Crippen molar-refractivity contribution in [3.05, 3.63) is 52.6 Å². The summed E-state index contributed by atoms with van der Waals surface area (Å²) in [5.41, 5.74) is 0.644. The van der Waals surface area contributed by atoms with E-state index >= 15 is 0 Å². The summed E-state index contributed by atoms with van der Waals surface area (Å²) in [6.45, 7) is 4.26. The maximum atomic E-state index is 12.9. The third-order valence-corrected chi connectivity index (χ3v) is 4.94. The highest BCUT2D eigenvalue weighted by Gasteiger charge is 2.26. The smallest absolute Gasteiger partial charge is 0.263 e. The van der Waals surface area contributed by atoms with Crippen LogP contribution in [0.4, 0.5) is 0 Å². The number of benzene rings is 1. The molecule has 122 valence electrons. The quantitative estimate of drug-likeness (QED) is 0.684. The molecule has 0 fully saturated rings. The number of carbonyl (C=O) groups is 2. The van der Waals surface area contributed by atoms with Gasteiger partial charge in [-0.15, -0.1) is 11.3 Å². The number of rotatable bonds is 4. The Morgan fingerprint density at radius 3 is 2.33 bits per heavy atom. The zero-order valence-corrected chi connectivity index (χ0v) is 14.4. The number of nitrogens with zero attached hydrogens (tertiary/aromatic N) is 2. The maximum absolute atomic E-state index is 12.9. The van der Waals surface area contributed by atoms with Gasteiger partial charge < -0.3 is 0 Å². The highest BCUT2D eigenvalue weighted by molar-refractivity contribution is 7.21. The van der Waals surface area contributed by atoms with Crippen LogP contribution in [0, 0.1) is 6.92 Å². The van der Waals surface area contributed by atoms with Crippen LogP contribution in [0.25, 0.3) is 20.7 Å². The van der Waals surface area contributed by atoms with Crippen molar-refractivity contribution in [2.24, 2.45) is 0 Å². The van der Waals surface area contributed by atoms with E-state index in [1.165, 1.54) is 29.8 Å². The van der Waals surface area contributed by atoms with E-state index in [9.17, 15) is 14.4 Å². The molecule has 0 aliphatic heterocycles. The molecule has 0 radical (unpaired) electrons. The average Bonchev–Trinajstić information content (AvgIpc) is 2.95. The first-order valence-electron chi connectivity index (χ1n) is 7.49.